The van der Waals surface area contributed by atoms with Gasteiger partial charge in [0.05, 0.1) is 0 Å². The summed E-state index contributed by atoms with van der Waals surface area (Å²) in [6.07, 6.45) is -1.27. The topological polar surface area (TPSA) is 17.1 Å². The molecule has 60 valence electrons. The lowest BCUT2D eigenvalue weighted by atomic mass is 10.2. The van der Waals surface area contributed by atoms with Crippen LogP contribution in [0.15, 0.2) is 0 Å². The van der Waals surface area contributed by atoms with Gasteiger partial charge >= 0.3 is 11.8 Å². The van der Waals surface area contributed by atoms with E-state index in [9.17, 15) is 26.7 Å². The van der Waals surface area contributed by atoms with Gasteiger partial charge in [0.25, 0.3) is 0 Å². The molecule has 0 radical (unpaired) electrons. The number of hydrogen-bond donors (Lipinski definition) is 0. The Hall–Kier alpha value is -0.680. The summed E-state index contributed by atoms with van der Waals surface area (Å²) in [5, 5.41) is 0. The monoisotopic (exact) mass is 162 g/mol. The van der Waals surface area contributed by atoms with Gasteiger partial charge in [0.2, 0.25) is 0 Å². The largest absolute Gasteiger partial charge is 0.367 e. The first-order valence-electron chi connectivity index (χ1n) is 2.15. The molecule has 0 heterocycles. The van der Waals surface area contributed by atoms with E-state index in [-0.39, 0.29) is 0 Å². The zero-order valence-electron chi connectivity index (χ0n) is 4.58. The Kier molecular flexibility index (Phi) is 2.34. The number of rotatable bonds is 3. The maximum absolute atomic E-state index is 11.6. The highest BCUT2D eigenvalue weighted by atomic mass is 19.3. The molecule has 0 aromatic heterocycles. The highest BCUT2D eigenvalue weighted by Crippen LogP contribution is 2.32. The molecule has 0 aliphatic rings. The summed E-state index contributed by atoms with van der Waals surface area (Å²) < 4.78 is 57.4. The zero-order valence-corrected chi connectivity index (χ0v) is 4.58. The Morgan fingerprint density at radius 2 is 1.60 bits per heavy atom. The Morgan fingerprint density at radius 1 is 1.20 bits per heavy atom. The Bertz CT molecular complexity index is 132. The van der Waals surface area contributed by atoms with E-state index in [0.717, 1.165) is 0 Å². The lowest BCUT2D eigenvalue weighted by molar-refractivity contribution is -0.203. The maximum Gasteiger partial charge on any atom is 0.367 e. The smallest absolute Gasteiger partial charge is 0.296 e. The van der Waals surface area contributed by atoms with Crippen molar-refractivity contribution in [2.45, 2.75) is 11.8 Å². The molecule has 0 fully saturated rings. The molecule has 0 bridgehead atoms. The van der Waals surface area contributed by atoms with E-state index in [1.807, 2.05) is 0 Å². The lowest BCUT2D eigenvalue weighted by Crippen LogP contribution is -2.43. The predicted octanol–water partition coefficient (Wildman–Crippen LogP) is 1.43. The van der Waals surface area contributed by atoms with Crippen LogP contribution in [0.4, 0.5) is 22.0 Å². The van der Waals surface area contributed by atoms with Crippen LogP contribution >= 0.6 is 0 Å². The lowest BCUT2D eigenvalue weighted by Gasteiger charge is -2.17. The molecule has 0 rings (SSSR count). The van der Waals surface area contributed by atoms with Crippen LogP contribution in [0.25, 0.3) is 0 Å². The summed E-state index contributed by atoms with van der Waals surface area (Å²) in [4.78, 5) is 9.24. The number of aldehydes is 1. The Morgan fingerprint density at radius 3 is 1.70 bits per heavy atom. The van der Waals surface area contributed by atoms with Crippen molar-refractivity contribution in [3.05, 3.63) is 0 Å². The van der Waals surface area contributed by atoms with Gasteiger partial charge in [-0.3, -0.25) is 4.79 Å². The van der Waals surface area contributed by atoms with Crippen LogP contribution in [-0.4, -0.2) is 24.8 Å². The molecule has 1 nitrogen and oxygen atoms in total. The van der Waals surface area contributed by atoms with Crippen LogP contribution in [0.2, 0.25) is 0 Å². The average Bonchev–Trinajstić information content (AvgIpc) is 1.88. The summed E-state index contributed by atoms with van der Waals surface area (Å²) in [7, 11) is 0. The molecule has 0 aliphatic heterocycles. The molecule has 0 N–H and O–H groups in total. The van der Waals surface area contributed by atoms with Gasteiger partial charge in [-0.15, -0.1) is 0 Å². The minimum atomic E-state index is -4.90. The molecule has 10 heavy (non-hydrogen) atoms. The molecule has 0 aromatic rings. The maximum atomic E-state index is 11.6. The van der Waals surface area contributed by atoms with Gasteiger partial charge < -0.3 is 0 Å². The van der Waals surface area contributed by atoms with Crippen molar-refractivity contribution in [2.24, 2.45) is 0 Å². The van der Waals surface area contributed by atoms with Crippen molar-refractivity contribution in [1.29, 1.82) is 0 Å². The summed E-state index contributed by atoms with van der Waals surface area (Å²) in [6.45, 7) is -2.54. The van der Waals surface area contributed by atoms with E-state index in [1.54, 1.807) is 0 Å². The van der Waals surface area contributed by atoms with Crippen molar-refractivity contribution in [2.75, 3.05) is 6.67 Å². The van der Waals surface area contributed by atoms with E-state index in [1.165, 1.54) is 0 Å². The number of halogens is 5. The summed E-state index contributed by atoms with van der Waals surface area (Å²) in [6, 6.07) is 0. The SMILES string of the molecule is O=CC(F)(F)C(F)(F)CF. The normalized spacial score (nSPS) is 13.3. The minimum absolute atomic E-state index is 1.27. The highest BCUT2D eigenvalue weighted by Gasteiger charge is 2.56. The Labute approximate surface area is 52.8 Å². The average molecular weight is 162 g/mol. The molecule has 0 spiro atoms. The molecule has 0 unspecified atom stereocenters. The van der Waals surface area contributed by atoms with Crippen molar-refractivity contribution >= 4 is 6.29 Å². The van der Waals surface area contributed by atoms with Gasteiger partial charge in [0, 0.05) is 0 Å². The molecule has 0 amide bonds. The fourth-order valence-electron chi connectivity index (χ4n) is 0.175. The second kappa shape index (κ2) is 2.51. The van der Waals surface area contributed by atoms with Crippen molar-refractivity contribution < 1.29 is 26.7 Å². The first-order chi connectivity index (χ1) is 4.37. The third-order valence-electron chi connectivity index (χ3n) is 0.804. The summed E-state index contributed by atoms with van der Waals surface area (Å²) in [5.41, 5.74) is 0. The van der Waals surface area contributed by atoms with Crippen molar-refractivity contribution in [3.8, 4) is 0 Å². The van der Waals surface area contributed by atoms with E-state index in [2.05, 4.69) is 0 Å². The second-order valence-electron chi connectivity index (χ2n) is 1.58. The highest BCUT2D eigenvalue weighted by molar-refractivity contribution is 5.61. The minimum Gasteiger partial charge on any atom is -0.296 e. The second-order valence-corrected chi connectivity index (χ2v) is 1.58. The first-order valence-corrected chi connectivity index (χ1v) is 2.15. The van der Waals surface area contributed by atoms with E-state index in [4.69, 9.17) is 0 Å². The molecular weight excluding hydrogens is 159 g/mol. The molecular formula is C4H3F5O. The van der Waals surface area contributed by atoms with Gasteiger partial charge in [-0.1, -0.05) is 0 Å². The fourth-order valence-corrected chi connectivity index (χ4v) is 0.175. The predicted molar refractivity (Wildman–Crippen MR) is 21.9 cm³/mol. The van der Waals surface area contributed by atoms with Gasteiger partial charge in [0.15, 0.2) is 13.0 Å². The van der Waals surface area contributed by atoms with Crippen LogP contribution in [0, 0.1) is 0 Å². The van der Waals surface area contributed by atoms with Crippen LogP contribution in [0.5, 0.6) is 0 Å². The third-order valence-corrected chi connectivity index (χ3v) is 0.804. The summed E-state index contributed by atoms with van der Waals surface area (Å²) >= 11 is 0. The first kappa shape index (κ1) is 9.32. The van der Waals surface area contributed by atoms with Crippen molar-refractivity contribution in [3.63, 3.8) is 0 Å². The fraction of sp³-hybridized carbons (Fsp3) is 0.750. The van der Waals surface area contributed by atoms with Crippen LogP contribution < -0.4 is 0 Å². The van der Waals surface area contributed by atoms with Crippen LogP contribution in [0.3, 0.4) is 0 Å². The van der Waals surface area contributed by atoms with E-state index in [0.29, 0.717) is 0 Å². The van der Waals surface area contributed by atoms with E-state index >= 15 is 0 Å². The standard InChI is InChI=1S/C4H3F5O/c5-1-3(6,7)4(8,9)2-10/h2H,1H2. The Balaban J connectivity index is 4.43. The third kappa shape index (κ3) is 1.43. The van der Waals surface area contributed by atoms with Gasteiger partial charge in [-0.05, 0) is 0 Å². The van der Waals surface area contributed by atoms with Gasteiger partial charge in [-0.25, -0.2) is 4.39 Å². The van der Waals surface area contributed by atoms with Gasteiger partial charge in [0.1, 0.15) is 0 Å². The number of hydrogen-bond acceptors (Lipinski definition) is 1. The molecule has 0 atom stereocenters. The quantitative estimate of drug-likeness (QED) is 0.453. The molecule has 0 saturated carbocycles. The zero-order chi connectivity index (χ0) is 8.41. The molecule has 0 aliphatic carbocycles. The molecule has 0 aromatic carbocycles. The molecule has 6 heteroatoms. The van der Waals surface area contributed by atoms with Gasteiger partial charge in [-0.2, -0.15) is 17.6 Å². The number of carbonyl (C=O) groups is 1. The van der Waals surface area contributed by atoms with Crippen molar-refractivity contribution in [1.82, 2.24) is 0 Å². The number of alkyl halides is 5. The number of carbonyl (C=O) groups excluding carboxylic acids is 1. The molecule has 0 saturated heterocycles. The van der Waals surface area contributed by atoms with Crippen LogP contribution in [-0.2, 0) is 4.79 Å². The summed E-state index contributed by atoms with van der Waals surface area (Å²) in [5.74, 6) is -9.78. The van der Waals surface area contributed by atoms with E-state index < -0.39 is 24.8 Å². The van der Waals surface area contributed by atoms with Crippen LogP contribution in [0.1, 0.15) is 0 Å².